The number of hydrogen-bond donors (Lipinski definition) is 1. The Morgan fingerprint density at radius 1 is 1.67 bits per heavy atom. The van der Waals surface area contributed by atoms with Crippen molar-refractivity contribution in [1.29, 1.82) is 0 Å². The normalized spacial score (nSPS) is 9.17. The molecule has 0 amide bonds. The fourth-order valence-corrected chi connectivity index (χ4v) is 0.933. The molecule has 0 unspecified atom stereocenters. The summed E-state index contributed by atoms with van der Waals surface area (Å²) in [6.45, 7) is 3.47. The highest BCUT2D eigenvalue weighted by molar-refractivity contribution is 5.29. The van der Waals surface area contributed by atoms with E-state index in [1.807, 2.05) is 10.9 Å². The van der Waals surface area contributed by atoms with Crippen molar-refractivity contribution in [2.24, 2.45) is 5.73 Å². The van der Waals surface area contributed by atoms with Crippen LogP contribution in [0.25, 0.3) is 0 Å². The van der Waals surface area contributed by atoms with Crippen molar-refractivity contribution in [3.05, 3.63) is 18.0 Å². The Morgan fingerprint density at radius 3 is 3.17 bits per heavy atom. The zero-order chi connectivity index (χ0) is 8.81. The molecule has 3 heteroatoms. The Balaban J connectivity index is 2.64. The molecule has 0 aliphatic rings. The number of nitrogens with zero attached hydrogens (tertiary/aromatic N) is 2. The SMILES string of the molecule is CCCn1cc(C#CCN)cn1. The molecule has 0 aromatic carbocycles. The minimum absolute atomic E-state index is 0.402. The van der Waals surface area contributed by atoms with Gasteiger partial charge in [-0.25, -0.2) is 0 Å². The Hall–Kier alpha value is -1.27. The lowest BCUT2D eigenvalue weighted by Crippen LogP contribution is -1.95. The van der Waals surface area contributed by atoms with E-state index in [2.05, 4.69) is 23.9 Å². The Labute approximate surface area is 72.6 Å². The van der Waals surface area contributed by atoms with Gasteiger partial charge in [0.25, 0.3) is 0 Å². The van der Waals surface area contributed by atoms with Gasteiger partial charge in [0.05, 0.1) is 18.3 Å². The average Bonchev–Trinajstić information content (AvgIpc) is 2.50. The highest BCUT2D eigenvalue weighted by Crippen LogP contribution is 1.95. The maximum atomic E-state index is 5.24. The quantitative estimate of drug-likeness (QED) is 0.649. The van der Waals surface area contributed by atoms with Crippen molar-refractivity contribution in [3.8, 4) is 11.8 Å². The van der Waals surface area contributed by atoms with E-state index in [1.165, 1.54) is 0 Å². The minimum atomic E-state index is 0.402. The van der Waals surface area contributed by atoms with Crippen LogP contribution in [-0.2, 0) is 6.54 Å². The van der Waals surface area contributed by atoms with Crippen LogP contribution in [-0.4, -0.2) is 16.3 Å². The summed E-state index contributed by atoms with van der Waals surface area (Å²) in [5.41, 5.74) is 6.18. The van der Waals surface area contributed by atoms with Gasteiger partial charge in [0.15, 0.2) is 0 Å². The van der Waals surface area contributed by atoms with Gasteiger partial charge in [-0.1, -0.05) is 18.8 Å². The highest BCUT2D eigenvalue weighted by atomic mass is 15.3. The van der Waals surface area contributed by atoms with Crippen LogP contribution in [0.5, 0.6) is 0 Å². The first-order valence-corrected chi connectivity index (χ1v) is 4.08. The van der Waals surface area contributed by atoms with Gasteiger partial charge in [-0.15, -0.1) is 0 Å². The van der Waals surface area contributed by atoms with Crippen LogP contribution < -0.4 is 5.73 Å². The molecule has 0 saturated carbocycles. The fourth-order valence-electron chi connectivity index (χ4n) is 0.933. The zero-order valence-electron chi connectivity index (χ0n) is 7.25. The third-order valence-electron chi connectivity index (χ3n) is 1.42. The molecule has 0 radical (unpaired) electrons. The van der Waals surface area contributed by atoms with E-state index >= 15 is 0 Å². The topological polar surface area (TPSA) is 43.8 Å². The first-order valence-electron chi connectivity index (χ1n) is 4.08. The summed E-state index contributed by atoms with van der Waals surface area (Å²) in [5.74, 6) is 5.71. The lowest BCUT2D eigenvalue weighted by molar-refractivity contribution is 0.602. The van der Waals surface area contributed by atoms with Gasteiger partial charge in [0, 0.05) is 12.7 Å². The van der Waals surface area contributed by atoms with Crippen molar-refractivity contribution < 1.29 is 0 Å². The van der Waals surface area contributed by atoms with Gasteiger partial charge in [-0.05, 0) is 6.42 Å². The van der Waals surface area contributed by atoms with Gasteiger partial charge < -0.3 is 5.73 Å². The second-order valence-corrected chi connectivity index (χ2v) is 2.50. The molecule has 0 aliphatic carbocycles. The van der Waals surface area contributed by atoms with Crippen molar-refractivity contribution in [1.82, 2.24) is 9.78 Å². The van der Waals surface area contributed by atoms with Crippen LogP contribution in [0.2, 0.25) is 0 Å². The summed E-state index contributed by atoms with van der Waals surface area (Å²) >= 11 is 0. The van der Waals surface area contributed by atoms with Crippen LogP contribution in [0, 0.1) is 11.8 Å². The Kier molecular flexibility index (Phi) is 3.36. The number of aromatic nitrogens is 2. The molecular weight excluding hydrogens is 150 g/mol. The predicted octanol–water partition coefficient (Wildman–Crippen LogP) is 0.603. The summed E-state index contributed by atoms with van der Waals surface area (Å²) in [7, 11) is 0. The molecule has 12 heavy (non-hydrogen) atoms. The molecular formula is C9H13N3. The van der Waals surface area contributed by atoms with Crippen molar-refractivity contribution in [2.45, 2.75) is 19.9 Å². The third-order valence-corrected chi connectivity index (χ3v) is 1.42. The van der Waals surface area contributed by atoms with E-state index in [1.54, 1.807) is 6.20 Å². The van der Waals surface area contributed by atoms with Gasteiger partial charge in [-0.3, -0.25) is 4.68 Å². The zero-order valence-corrected chi connectivity index (χ0v) is 7.25. The maximum absolute atomic E-state index is 5.24. The van der Waals surface area contributed by atoms with Crippen LogP contribution in [0.1, 0.15) is 18.9 Å². The number of aryl methyl sites for hydroxylation is 1. The van der Waals surface area contributed by atoms with E-state index < -0.39 is 0 Å². The summed E-state index contributed by atoms with van der Waals surface area (Å²) < 4.78 is 1.89. The smallest absolute Gasteiger partial charge is 0.0646 e. The van der Waals surface area contributed by atoms with Crippen LogP contribution >= 0.6 is 0 Å². The number of nitrogens with two attached hydrogens (primary N) is 1. The van der Waals surface area contributed by atoms with Crippen molar-refractivity contribution in [2.75, 3.05) is 6.54 Å². The van der Waals surface area contributed by atoms with Gasteiger partial charge >= 0.3 is 0 Å². The van der Waals surface area contributed by atoms with Crippen molar-refractivity contribution >= 4 is 0 Å². The molecule has 0 spiro atoms. The standard InChI is InChI=1S/C9H13N3/c1-2-6-12-8-9(7-11-12)4-3-5-10/h7-8H,2,5-6,10H2,1H3. The molecule has 2 N–H and O–H groups in total. The van der Waals surface area contributed by atoms with E-state index in [4.69, 9.17) is 5.73 Å². The molecule has 64 valence electrons. The van der Waals surface area contributed by atoms with E-state index in [9.17, 15) is 0 Å². The van der Waals surface area contributed by atoms with Crippen LogP contribution in [0.15, 0.2) is 12.4 Å². The molecule has 0 aliphatic heterocycles. The third kappa shape index (κ3) is 2.40. The maximum Gasteiger partial charge on any atom is 0.0646 e. The van der Waals surface area contributed by atoms with E-state index in [-0.39, 0.29) is 0 Å². The minimum Gasteiger partial charge on any atom is -0.320 e. The monoisotopic (exact) mass is 163 g/mol. The summed E-state index contributed by atoms with van der Waals surface area (Å²) in [6, 6.07) is 0. The lowest BCUT2D eigenvalue weighted by atomic mass is 10.3. The van der Waals surface area contributed by atoms with Crippen LogP contribution in [0.4, 0.5) is 0 Å². The number of hydrogen-bond acceptors (Lipinski definition) is 2. The van der Waals surface area contributed by atoms with Crippen molar-refractivity contribution in [3.63, 3.8) is 0 Å². The van der Waals surface area contributed by atoms with Crippen LogP contribution in [0.3, 0.4) is 0 Å². The summed E-state index contributed by atoms with van der Waals surface area (Å²) in [4.78, 5) is 0. The summed E-state index contributed by atoms with van der Waals surface area (Å²) in [6.07, 6.45) is 4.79. The largest absolute Gasteiger partial charge is 0.320 e. The molecule has 1 heterocycles. The predicted molar refractivity (Wildman–Crippen MR) is 48.5 cm³/mol. The van der Waals surface area contributed by atoms with Gasteiger partial charge in [0.2, 0.25) is 0 Å². The van der Waals surface area contributed by atoms with E-state index in [0.29, 0.717) is 6.54 Å². The molecule has 0 bridgehead atoms. The fraction of sp³-hybridized carbons (Fsp3) is 0.444. The Morgan fingerprint density at radius 2 is 2.50 bits per heavy atom. The average molecular weight is 163 g/mol. The molecule has 1 rings (SSSR count). The second-order valence-electron chi connectivity index (χ2n) is 2.50. The molecule has 3 nitrogen and oxygen atoms in total. The first-order chi connectivity index (χ1) is 5.86. The van der Waals surface area contributed by atoms with Gasteiger partial charge in [0.1, 0.15) is 0 Å². The molecule has 1 aromatic rings. The molecule has 1 aromatic heterocycles. The number of rotatable bonds is 2. The first kappa shape index (κ1) is 8.82. The van der Waals surface area contributed by atoms with Gasteiger partial charge in [-0.2, -0.15) is 5.10 Å². The highest BCUT2D eigenvalue weighted by Gasteiger charge is 1.92. The molecule has 0 saturated heterocycles. The molecule has 0 fully saturated rings. The molecule has 0 atom stereocenters. The Bertz CT molecular complexity index is 290. The summed E-state index contributed by atoms with van der Waals surface area (Å²) in [5, 5.41) is 4.13. The second kappa shape index (κ2) is 4.58. The van der Waals surface area contributed by atoms with E-state index in [0.717, 1.165) is 18.5 Å². The lowest BCUT2D eigenvalue weighted by Gasteiger charge is -1.93.